The summed E-state index contributed by atoms with van der Waals surface area (Å²) in [5.41, 5.74) is 3.16. The van der Waals surface area contributed by atoms with Crippen LogP contribution in [0.5, 0.6) is 0 Å². The molecule has 2 N–H and O–H groups in total. The second kappa shape index (κ2) is 7.43. The number of alkyl halides is 3. The molecule has 6 heteroatoms. The van der Waals surface area contributed by atoms with Crippen molar-refractivity contribution in [2.75, 3.05) is 5.32 Å². The fourth-order valence-corrected chi connectivity index (χ4v) is 2.45. The van der Waals surface area contributed by atoms with Gasteiger partial charge in [0.15, 0.2) is 0 Å². The zero-order valence-corrected chi connectivity index (χ0v) is 15.0. The van der Waals surface area contributed by atoms with Crippen LogP contribution in [-0.4, -0.2) is 15.9 Å². The summed E-state index contributed by atoms with van der Waals surface area (Å²) in [5, 5.41) is 5.82. The second-order valence-electron chi connectivity index (χ2n) is 5.22. The number of halogens is 3. The molecule has 0 fully saturated rings. The molecule has 2 aromatic rings. The number of benzene rings is 2. The van der Waals surface area contributed by atoms with Gasteiger partial charge in [0.05, 0.1) is 0 Å². The third-order valence-electron chi connectivity index (χ3n) is 3.44. The van der Waals surface area contributed by atoms with Gasteiger partial charge in [0, 0.05) is 11.3 Å². The van der Waals surface area contributed by atoms with Crippen molar-refractivity contribution < 1.29 is 4.79 Å². The van der Waals surface area contributed by atoms with Crippen LogP contribution < -0.4 is 10.6 Å². The molecular formula is C17H17Cl3N2O. The minimum atomic E-state index is -1.71. The topological polar surface area (TPSA) is 41.1 Å². The van der Waals surface area contributed by atoms with Gasteiger partial charge in [0.25, 0.3) is 5.91 Å². The predicted octanol–water partition coefficient (Wildman–Crippen LogP) is 4.84. The summed E-state index contributed by atoms with van der Waals surface area (Å²) in [6.45, 7) is 3.79. The quantitative estimate of drug-likeness (QED) is 0.596. The van der Waals surface area contributed by atoms with E-state index in [0.717, 1.165) is 16.8 Å². The van der Waals surface area contributed by atoms with Crippen LogP contribution in [-0.2, 0) is 0 Å². The highest BCUT2D eigenvalue weighted by atomic mass is 35.6. The van der Waals surface area contributed by atoms with E-state index < -0.39 is 9.96 Å². The van der Waals surface area contributed by atoms with E-state index in [0.29, 0.717) is 5.56 Å². The van der Waals surface area contributed by atoms with E-state index in [9.17, 15) is 4.79 Å². The van der Waals surface area contributed by atoms with Gasteiger partial charge in [-0.25, -0.2) is 0 Å². The molecule has 0 unspecified atom stereocenters. The highest BCUT2D eigenvalue weighted by Gasteiger charge is 2.34. The SMILES string of the molecule is Cc1ccccc1N[C@H](NC(=O)c1ccccc1C)C(Cl)(Cl)Cl. The number of para-hydroxylation sites is 1. The maximum absolute atomic E-state index is 12.5. The predicted molar refractivity (Wildman–Crippen MR) is 97.5 cm³/mol. The Labute approximate surface area is 150 Å². The minimum absolute atomic E-state index is 0.305. The zero-order chi connectivity index (χ0) is 17.0. The van der Waals surface area contributed by atoms with Crippen molar-refractivity contribution in [1.29, 1.82) is 0 Å². The molecule has 0 saturated heterocycles. The van der Waals surface area contributed by atoms with Crippen molar-refractivity contribution in [2.45, 2.75) is 23.8 Å². The summed E-state index contributed by atoms with van der Waals surface area (Å²) in [6.07, 6.45) is -0.874. The molecule has 23 heavy (non-hydrogen) atoms. The molecule has 0 aromatic heterocycles. The van der Waals surface area contributed by atoms with Crippen LogP contribution in [0.25, 0.3) is 0 Å². The summed E-state index contributed by atoms with van der Waals surface area (Å²) in [5.74, 6) is -0.305. The smallest absolute Gasteiger partial charge is 0.253 e. The molecule has 0 radical (unpaired) electrons. The lowest BCUT2D eigenvalue weighted by atomic mass is 10.1. The Hall–Kier alpha value is -1.42. The molecule has 0 aliphatic carbocycles. The normalized spacial score (nSPS) is 12.6. The average molecular weight is 372 g/mol. The first kappa shape index (κ1) is 17.9. The lowest BCUT2D eigenvalue weighted by Crippen LogP contribution is -2.49. The van der Waals surface area contributed by atoms with Crippen LogP contribution in [0.1, 0.15) is 21.5 Å². The fourth-order valence-electron chi connectivity index (χ4n) is 2.13. The first-order chi connectivity index (χ1) is 10.8. The molecule has 3 nitrogen and oxygen atoms in total. The van der Waals surface area contributed by atoms with E-state index in [-0.39, 0.29) is 5.91 Å². The van der Waals surface area contributed by atoms with Crippen LogP contribution in [0, 0.1) is 13.8 Å². The molecule has 122 valence electrons. The lowest BCUT2D eigenvalue weighted by molar-refractivity contribution is 0.0941. The molecule has 1 amide bonds. The molecular weight excluding hydrogens is 355 g/mol. The first-order valence-electron chi connectivity index (χ1n) is 7.04. The van der Waals surface area contributed by atoms with E-state index in [2.05, 4.69) is 10.6 Å². The number of hydrogen-bond acceptors (Lipinski definition) is 2. The average Bonchev–Trinajstić information content (AvgIpc) is 2.48. The fraction of sp³-hybridized carbons (Fsp3) is 0.235. The van der Waals surface area contributed by atoms with E-state index in [1.54, 1.807) is 12.1 Å². The molecule has 0 saturated carbocycles. The first-order valence-corrected chi connectivity index (χ1v) is 8.18. The number of nitrogens with one attached hydrogen (secondary N) is 2. The summed E-state index contributed by atoms with van der Waals surface area (Å²) in [7, 11) is 0. The Balaban J connectivity index is 2.22. The number of amides is 1. The Morgan fingerprint density at radius 3 is 2.09 bits per heavy atom. The molecule has 0 heterocycles. The van der Waals surface area contributed by atoms with E-state index in [1.807, 2.05) is 50.2 Å². The highest BCUT2D eigenvalue weighted by Crippen LogP contribution is 2.32. The Kier molecular flexibility index (Phi) is 5.79. The van der Waals surface area contributed by atoms with Crippen LogP contribution in [0.15, 0.2) is 48.5 Å². The molecule has 2 aromatic carbocycles. The Bertz CT molecular complexity index is 698. The van der Waals surface area contributed by atoms with Gasteiger partial charge in [-0.1, -0.05) is 71.2 Å². The zero-order valence-electron chi connectivity index (χ0n) is 12.7. The largest absolute Gasteiger partial charge is 0.362 e. The van der Waals surface area contributed by atoms with Gasteiger partial charge >= 0.3 is 0 Å². The number of hydrogen-bond donors (Lipinski definition) is 2. The number of anilines is 1. The van der Waals surface area contributed by atoms with Gasteiger partial charge in [-0.05, 0) is 37.1 Å². The van der Waals surface area contributed by atoms with Gasteiger partial charge in [0.1, 0.15) is 6.17 Å². The van der Waals surface area contributed by atoms with E-state index >= 15 is 0 Å². The van der Waals surface area contributed by atoms with E-state index in [4.69, 9.17) is 34.8 Å². The summed E-state index contributed by atoms with van der Waals surface area (Å²) in [6, 6.07) is 14.8. The van der Waals surface area contributed by atoms with Gasteiger partial charge < -0.3 is 10.6 Å². The number of aryl methyl sites for hydroxylation is 2. The van der Waals surface area contributed by atoms with Crippen molar-refractivity contribution >= 4 is 46.4 Å². The maximum Gasteiger partial charge on any atom is 0.253 e. The summed E-state index contributed by atoms with van der Waals surface area (Å²) < 4.78 is -1.71. The van der Waals surface area contributed by atoms with Crippen LogP contribution in [0.4, 0.5) is 5.69 Å². The van der Waals surface area contributed by atoms with Crippen LogP contribution in [0.3, 0.4) is 0 Å². The monoisotopic (exact) mass is 370 g/mol. The Morgan fingerprint density at radius 2 is 1.52 bits per heavy atom. The summed E-state index contributed by atoms with van der Waals surface area (Å²) >= 11 is 18.1. The second-order valence-corrected chi connectivity index (χ2v) is 7.59. The van der Waals surface area contributed by atoms with Crippen molar-refractivity contribution in [2.24, 2.45) is 0 Å². The molecule has 0 bridgehead atoms. The molecule has 0 aliphatic rings. The summed E-state index contributed by atoms with van der Waals surface area (Å²) in [4.78, 5) is 12.5. The van der Waals surface area contributed by atoms with Gasteiger partial charge in [-0.2, -0.15) is 0 Å². The third-order valence-corrected chi connectivity index (χ3v) is 4.09. The van der Waals surface area contributed by atoms with Crippen molar-refractivity contribution in [3.8, 4) is 0 Å². The highest BCUT2D eigenvalue weighted by molar-refractivity contribution is 6.68. The number of carbonyl (C=O) groups excluding carboxylic acids is 1. The third kappa shape index (κ3) is 4.77. The number of rotatable bonds is 4. The van der Waals surface area contributed by atoms with Crippen molar-refractivity contribution in [3.05, 3.63) is 65.2 Å². The molecule has 1 atom stereocenters. The van der Waals surface area contributed by atoms with Gasteiger partial charge in [0.2, 0.25) is 3.79 Å². The molecule has 0 spiro atoms. The minimum Gasteiger partial charge on any atom is -0.362 e. The van der Waals surface area contributed by atoms with Crippen LogP contribution in [0.2, 0.25) is 0 Å². The van der Waals surface area contributed by atoms with Gasteiger partial charge in [-0.15, -0.1) is 0 Å². The van der Waals surface area contributed by atoms with E-state index in [1.165, 1.54) is 0 Å². The van der Waals surface area contributed by atoms with Crippen molar-refractivity contribution in [1.82, 2.24) is 5.32 Å². The lowest BCUT2D eigenvalue weighted by Gasteiger charge is -2.28. The standard InChI is InChI=1S/C17H17Cl3N2O/c1-11-7-3-5-9-13(11)15(23)22-16(17(18,19)20)21-14-10-6-4-8-12(14)2/h3-10,16,21H,1-2H3,(H,22,23)/t16-/m1/s1. The number of carbonyl (C=O) groups is 1. The van der Waals surface area contributed by atoms with Crippen LogP contribution >= 0.6 is 34.8 Å². The van der Waals surface area contributed by atoms with Crippen molar-refractivity contribution in [3.63, 3.8) is 0 Å². The molecule has 2 rings (SSSR count). The molecule has 0 aliphatic heterocycles. The maximum atomic E-state index is 12.5. The Morgan fingerprint density at radius 1 is 0.957 bits per heavy atom. The van der Waals surface area contributed by atoms with Gasteiger partial charge in [-0.3, -0.25) is 4.79 Å².